The van der Waals surface area contributed by atoms with E-state index in [1.165, 1.54) is 5.56 Å². The predicted molar refractivity (Wildman–Crippen MR) is 70.8 cm³/mol. The highest BCUT2D eigenvalue weighted by Crippen LogP contribution is 2.20. The highest BCUT2D eigenvalue weighted by molar-refractivity contribution is 5.80. The first kappa shape index (κ1) is 13.9. The van der Waals surface area contributed by atoms with Crippen LogP contribution in [0.1, 0.15) is 18.4 Å². The summed E-state index contributed by atoms with van der Waals surface area (Å²) in [5, 5.41) is 0. The minimum absolute atomic E-state index is 0.0918. The number of rotatable bonds is 5. The minimum atomic E-state index is -0.399. The van der Waals surface area contributed by atoms with E-state index in [4.69, 9.17) is 10.6 Å². The normalized spacial score (nSPS) is 22.7. The number of hydrazine groups is 1. The van der Waals surface area contributed by atoms with E-state index >= 15 is 0 Å². The average molecular weight is 264 g/mol. The van der Waals surface area contributed by atoms with Crippen molar-refractivity contribution in [2.75, 3.05) is 13.6 Å². The molecule has 3 N–H and O–H groups in total. The van der Waals surface area contributed by atoms with Crippen molar-refractivity contribution >= 4 is 5.91 Å². The van der Waals surface area contributed by atoms with Crippen LogP contribution in [0.2, 0.25) is 0 Å². The minimum Gasteiger partial charge on any atom is -0.364 e. The van der Waals surface area contributed by atoms with Crippen LogP contribution in [0, 0.1) is 0 Å². The van der Waals surface area contributed by atoms with Gasteiger partial charge < -0.3 is 4.74 Å². The summed E-state index contributed by atoms with van der Waals surface area (Å²) in [6, 6.07) is 3.99. The average Bonchev–Trinajstić information content (AvgIpc) is 2.87. The second kappa shape index (κ2) is 6.60. The molecule has 0 radical (unpaired) electrons. The Bertz CT molecular complexity index is 412. The molecule has 1 saturated heterocycles. The number of nitrogens with zero attached hydrogens (tertiary/aromatic N) is 2. The molecule has 6 nitrogen and oxygen atoms in total. The van der Waals surface area contributed by atoms with E-state index in [-0.39, 0.29) is 12.0 Å². The molecule has 2 rings (SSSR count). The van der Waals surface area contributed by atoms with E-state index in [0.29, 0.717) is 0 Å². The van der Waals surface area contributed by atoms with Gasteiger partial charge in [-0.1, -0.05) is 0 Å². The van der Waals surface area contributed by atoms with Crippen LogP contribution >= 0.6 is 0 Å². The molecular formula is C13H20N4O2. The second-order valence-electron chi connectivity index (χ2n) is 4.88. The van der Waals surface area contributed by atoms with Crippen molar-refractivity contribution in [3.05, 3.63) is 30.1 Å². The predicted octanol–water partition coefficient (Wildman–Crippen LogP) is 0.0509. The molecule has 2 atom stereocenters. The van der Waals surface area contributed by atoms with Crippen molar-refractivity contribution in [3.63, 3.8) is 0 Å². The number of likely N-dealkylation sites (N-methyl/N-ethyl adjacent to an activating group) is 1. The van der Waals surface area contributed by atoms with Crippen molar-refractivity contribution < 1.29 is 9.53 Å². The van der Waals surface area contributed by atoms with Crippen LogP contribution in [0.3, 0.4) is 0 Å². The Balaban J connectivity index is 1.78. The molecule has 0 bridgehead atoms. The highest BCUT2D eigenvalue weighted by atomic mass is 16.5. The van der Waals surface area contributed by atoms with Gasteiger partial charge >= 0.3 is 0 Å². The largest absolute Gasteiger partial charge is 0.364 e. The molecule has 1 aliphatic rings. The van der Waals surface area contributed by atoms with Crippen LogP contribution in [0.4, 0.5) is 0 Å². The first-order valence-corrected chi connectivity index (χ1v) is 6.42. The van der Waals surface area contributed by atoms with E-state index in [2.05, 4.69) is 15.3 Å². The van der Waals surface area contributed by atoms with Gasteiger partial charge in [-0.3, -0.25) is 20.1 Å². The Hall–Kier alpha value is -1.50. The molecule has 1 amide bonds. The van der Waals surface area contributed by atoms with E-state index < -0.39 is 6.10 Å². The van der Waals surface area contributed by atoms with Gasteiger partial charge in [-0.2, -0.15) is 0 Å². The van der Waals surface area contributed by atoms with Gasteiger partial charge in [-0.15, -0.1) is 0 Å². The number of carbonyl (C=O) groups is 1. The number of nitrogens with two attached hydrogens (primary N) is 1. The van der Waals surface area contributed by atoms with Crippen LogP contribution in [-0.2, 0) is 16.1 Å². The first-order chi connectivity index (χ1) is 9.19. The summed E-state index contributed by atoms with van der Waals surface area (Å²) in [4.78, 5) is 17.5. The highest BCUT2D eigenvalue weighted by Gasteiger charge is 2.30. The lowest BCUT2D eigenvalue weighted by Crippen LogP contribution is -2.39. The summed E-state index contributed by atoms with van der Waals surface area (Å²) in [5.41, 5.74) is 3.35. The molecule has 1 aliphatic heterocycles. The number of ether oxygens (including phenoxy) is 1. The molecule has 2 heterocycles. The van der Waals surface area contributed by atoms with Crippen LogP contribution in [0.25, 0.3) is 0 Å². The summed E-state index contributed by atoms with van der Waals surface area (Å²) in [6.45, 7) is 1.65. The summed E-state index contributed by atoms with van der Waals surface area (Å²) in [5.74, 6) is 4.87. The first-order valence-electron chi connectivity index (χ1n) is 6.42. The Kier molecular flexibility index (Phi) is 4.84. The Morgan fingerprint density at radius 3 is 2.95 bits per heavy atom. The number of amides is 1. The van der Waals surface area contributed by atoms with Gasteiger partial charge in [0, 0.05) is 25.5 Å². The third-order valence-electron chi connectivity index (χ3n) is 3.26. The Morgan fingerprint density at radius 2 is 2.26 bits per heavy atom. The van der Waals surface area contributed by atoms with Crippen LogP contribution < -0.4 is 11.3 Å². The van der Waals surface area contributed by atoms with Gasteiger partial charge in [-0.05, 0) is 37.6 Å². The number of pyridine rings is 1. The third-order valence-corrected chi connectivity index (χ3v) is 3.26. The van der Waals surface area contributed by atoms with Crippen molar-refractivity contribution in [1.82, 2.24) is 15.3 Å². The van der Waals surface area contributed by atoms with Gasteiger partial charge in [0.05, 0.1) is 6.10 Å². The van der Waals surface area contributed by atoms with E-state index in [1.807, 2.05) is 19.2 Å². The molecule has 1 aromatic rings. The van der Waals surface area contributed by atoms with Crippen molar-refractivity contribution in [2.45, 2.75) is 31.6 Å². The lowest BCUT2D eigenvalue weighted by atomic mass is 10.2. The SMILES string of the molecule is CN(Cc1ccncc1)CC1CCC(C(=O)NN)O1. The van der Waals surface area contributed by atoms with Gasteiger partial charge in [0.25, 0.3) is 5.91 Å². The maximum absolute atomic E-state index is 11.4. The molecular weight excluding hydrogens is 244 g/mol. The Labute approximate surface area is 112 Å². The monoisotopic (exact) mass is 264 g/mol. The zero-order chi connectivity index (χ0) is 13.7. The third kappa shape index (κ3) is 3.99. The fraction of sp³-hybridized carbons (Fsp3) is 0.538. The molecule has 1 fully saturated rings. The summed E-state index contributed by atoms with van der Waals surface area (Å²) in [6.07, 6.45) is 4.89. The number of aromatic nitrogens is 1. The number of hydrogen-bond acceptors (Lipinski definition) is 5. The van der Waals surface area contributed by atoms with Gasteiger partial charge in [0.1, 0.15) is 6.10 Å². The standard InChI is InChI=1S/C13H20N4O2/c1-17(8-10-4-6-15-7-5-10)9-11-2-3-12(19-11)13(18)16-14/h4-7,11-12H,2-3,8-9,14H2,1H3,(H,16,18). The van der Waals surface area contributed by atoms with E-state index in [0.717, 1.165) is 25.9 Å². The maximum Gasteiger partial charge on any atom is 0.263 e. The molecule has 2 unspecified atom stereocenters. The van der Waals surface area contributed by atoms with Crippen molar-refractivity contribution in [2.24, 2.45) is 5.84 Å². The fourth-order valence-corrected chi connectivity index (χ4v) is 2.34. The molecule has 6 heteroatoms. The molecule has 0 spiro atoms. The van der Waals surface area contributed by atoms with Crippen LogP contribution in [0.15, 0.2) is 24.5 Å². The molecule has 104 valence electrons. The molecule has 1 aromatic heterocycles. The molecule has 19 heavy (non-hydrogen) atoms. The molecule has 0 aliphatic carbocycles. The Morgan fingerprint density at radius 1 is 1.53 bits per heavy atom. The van der Waals surface area contributed by atoms with Gasteiger partial charge in [-0.25, -0.2) is 5.84 Å². The van der Waals surface area contributed by atoms with Crippen LogP contribution in [0.5, 0.6) is 0 Å². The molecule has 0 saturated carbocycles. The lowest BCUT2D eigenvalue weighted by Gasteiger charge is -2.21. The lowest BCUT2D eigenvalue weighted by molar-refractivity contribution is -0.132. The maximum atomic E-state index is 11.4. The van der Waals surface area contributed by atoms with Crippen molar-refractivity contribution in [1.29, 1.82) is 0 Å². The number of carbonyl (C=O) groups excluding carboxylic acids is 1. The second-order valence-corrected chi connectivity index (χ2v) is 4.88. The molecule has 0 aromatic carbocycles. The zero-order valence-electron chi connectivity index (χ0n) is 11.1. The van der Waals surface area contributed by atoms with E-state index in [1.54, 1.807) is 12.4 Å². The van der Waals surface area contributed by atoms with Crippen molar-refractivity contribution in [3.8, 4) is 0 Å². The summed E-state index contributed by atoms with van der Waals surface area (Å²) in [7, 11) is 2.04. The fourth-order valence-electron chi connectivity index (χ4n) is 2.34. The topological polar surface area (TPSA) is 80.5 Å². The van der Waals surface area contributed by atoms with E-state index in [9.17, 15) is 4.79 Å². The number of nitrogens with one attached hydrogen (secondary N) is 1. The van der Waals surface area contributed by atoms with Gasteiger partial charge in [0.15, 0.2) is 0 Å². The van der Waals surface area contributed by atoms with Gasteiger partial charge in [0.2, 0.25) is 0 Å². The summed E-state index contributed by atoms with van der Waals surface area (Å²) >= 11 is 0. The summed E-state index contributed by atoms with van der Waals surface area (Å²) < 4.78 is 5.68. The number of hydrogen-bond donors (Lipinski definition) is 2. The van der Waals surface area contributed by atoms with Crippen LogP contribution in [-0.4, -0.2) is 41.6 Å². The zero-order valence-corrected chi connectivity index (χ0v) is 11.1. The quantitative estimate of drug-likeness (QED) is 0.446. The smallest absolute Gasteiger partial charge is 0.263 e.